The number of carbonyl (C=O) groups excluding carboxylic acids is 1. The Kier molecular flexibility index (Phi) is 4.65. The first kappa shape index (κ1) is 17.9. The standard InChI is InChI=1S/C23H23N3O2/c1-15(16-7-10-19(28-2)11-8-16)25-22-12-9-18(13-21(22)24)26-14-17-5-3-4-6-20(17)23(26)27/h3-13,15,25H,14,24H2,1-2H3. The summed E-state index contributed by atoms with van der Waals surface area (Å²) in [5, 5.41) is 3.44. The second-order valence-corrected chi connectivity index (χ2v) is 6.96. The quantitative estimate of drug-likeness (QED) is 0.641. The molecule has 142 valence electrons. The van der Waals surface area contributed by atoms with Gasteiger partial charge in [-0.3, -0.25) is 4.79 Å². The lowest BCUT2D eigenvalue weighted by molar-refractivity contribution is 0.0996. The van der Waals surface area contributed by atoms with E-state index in [0.29, 0.717) is 12.2 Å². The van der Waals surface area contributed by atoms with Crippen LogP contribution in [0.3, 0.4) is 0 Å². The molecule has 0 spiro atoms. The summed E-state index contributed by atoms with van der Waals surface area (Å²) in [6, 6.07) is 21.4. The lowest BCUT2D eigenvalue weighted by Gasteiger charge is -2.20. The molecule has 0 fully saturated rings. The van der Waals surface area contributed by atoms with Crippen molar-refractivity contribution in [3.05, 3.63) is 83.4 Å². The molecule has 0 aliphatic carbocycles. The zero-order valence-corrected chi connectivity index (χ0v) is 16.0. The molecule has 1 aliphatic rings. The molecule has 3 N–H and O–H groups in total. The van der Waals surface area contributed by atoms with Crippen molar-refractivity contribution in [1.82, 2.24) is 0 Å². The monoisotopic (exact) mass is 373 g/mol. The lowest BCUT2D eigenvalue weighted by Crippen LogP contribution is -2.23. The largest absolute Gasteiger partial charge is 0.497 e. The highest BCUT2D eigenvalue weighted by atomic mass is 16.5. The third-order valence-corrected chi connectivity index (χ3v) is 5.16. The Bertz CT molecular complexity index is 1010. The number of nitrogens with zero attached hydrogens (tertiary/aromatic N) is 1. The van der Waals surface area contributed by atoms with Gasteiger partial charge in [-0.15, -0.1) is 0 Å². The summed E-state index contributed by atoms with van der Waals surface area (Å²) in [6.45, 7) is 2.65. The molecule has 0 saturated carbocycles. The first-order valence-electron chi connectivity index (χ1n) is 9.26. The van der Waals surface area contributed by atoms with E-state index in [2.05, 4.69) is 12.2 Å². The summed E-state index contributed by atoms with van der Waals surface area (Å²) in [5.74, 6) is 0.846. The summed E-state index contributed by atoms with van der Waals surface area (Å²) in [5.41, 5.74) is 11.5. The van der Waals surface area contributed by atoms with Crippen LogP contribution in [-0.4, -0.2) is 13.0 Å². The Labute approximate surface area is 164 Å². The third-order valence-electron chi connectivity index (χ3n) is 5.16. The molecule has 1 unspecified atom stereocenters. The molecule has 28 heavy (non-hydrogen) atoms. The van der Waals surface area contributed by atoms with Crippen molar-refractivity contribution in [2.45, 2.75) is 19.5 Å². The average Bonchev–Trinajstić information content (AvgIpc) is 3.06. The van der Waals surface area contributed by atoms with Gasteiger partial charge in [0.1, 0.15) is 5.75 Å². The molecule has 3 aromatic rings. The van der Waals surface area contributed by atoms with Crippen molar-refractivity contribution in [2.75, 3.05) is 23.1 Å². The molecule has 5 heteroatoms. The number of rotatable bonds is 5. The molecule has 0 bridgehead atoms. The van der Waals surface area contributed by atoms with E-state index < -0.39 is 0 Å². The number of nitrogens with two attached hydrogens (primary N) is 1. The Morgan fingerprint density at radius 3 is 2.50 bits per heavy atom. The summed E-state index contributed by atoms with van der Waals surface area (Å²) in [4.78, 5) is 14.4. The van der Waals surface area contributed by atoms with Gasteiger partial charge >= 0.3 is 0 Å². The molecule has 5 nitrogen and oxygen atoms in total. The third kappa shape index (κ3) is 3.27. The molecule has 0 saturated heterocycles. The van der Waals surface area contributed by atoms with E-state index in [1.165, 1.54) is 0 Å². The van der Waals surface area contributed by atoms with Crippen LogP contribution in [0.15, 0.2) is 66.7 Å². The second kappa shape index (κ2) is 7.27. The number of methoxy groups -OCH3 is 1. The molecule has 4 rings (SSSR count). The number of ether oxygens (including phenoxy) is 1. The Morgan fingerprint density at radius 2 is 1.82 bits per heavy atom. The van der Waals surface area contributed by atoms with Crippen molar-refractivity contribution < 1.29 is 9.53 Å². The lowest BCUT2D eigenvalue weighted by atomic mass is 10.1. The highest BCUT2D eigenvalue weighted by Gasteiger charge is 2.28. The predicted octanol–water partition coefficient (Wildman–Crippen LogP) is 4.61. The highest BCUT2D eigenvalue weighted by molar-refractivity contribution is 6.10. The topological polar surface area (TPSA) is 67.6 Å². The second-order valence-electron chi connectivity index (χ2n) is 6.96. The summed E-state index contributed by atoms with van der Waals surface area (Å²) < 4.78 is 5.21. The van der Waals surface area contributed by atoms with Crippen LogP contribution >= 0.6 is 0 Å². The molecule has 1 heterocycles. The molecular weight excluding hydrogens is 350 g/mol. The number of fused-ring (bicyclic) bond motifs is 1. The molecular formula is C23H23N3O2. The van der Waals surface area contributed by atoms with Gasteiger partial charge in [0, 0.05) is 17.3 Å². The van der Waals surface area contributed by atoms with Crippen LogP contribution < -0.4 is 20.7 Å². The fourth-order valence-corrected chi connectivity index (χ4v) is 3.52. The first-order chi connectivity index (χ1) is 13.6. The van der Waals surface area contributed by atoms with E-state index in [0.717, 1.165) is 33.8 Å². The molecule has 1 aliphatic heterocycles. The number of carbonyl (C=O) groups is 1. The van der Waals surface area contributed by atoms with Gasteiger partial charge in [-0.1, -0.05) is 30.3 Å². The van der Waals surface area contributed by atoms with Crippen LogP contribution in [0.2, 0.25) is 0 Å². The van der Waals surface area contributed by atoms with Crippen molar-refractivity contribution in [1.29, 1.82) is 0 Å². The number of nitrogen functional groups attached to an aromatic ring is 1. The number of benzene rings is 3. The zero-order chi connectivity index (χ0) is 19.7. The van der Waals surface area contributed by atoms with Crippen LogP contribution in [0, 0.1) is 0 Å². The van der Waals surface area contributed by atoms with Crippen molar-refractivity contribution in [2.24, 2.45) is 0 Å². The summed E-state index contributed by atoms with van der Waals surface area (Å²) in [7, 11) is 1.66. The van der Waals surface area contributed by atoms with Crippen LogP contribution in [0.25, 0.3) is 0 Å². The van der Waals surface area contributed by atoms with Crippen LogP contribution in [-0.2, 0) is 6.54 Å². The predicted molar refractivity (Wildman–Crippen MR) is 113 cm³/mol. The first-order valence-corrected chi connectivity index (χ1v) is 9.26. The van der Waals surface area contributed by atoms with Crippen molar-refractivity contribution in [3.8, 4) is 5.75 Å². The Balaban J connectivity index is 1.51. The minimum Gasteiger partial charge on any atom is -0.497 e. The highest BCUT2D eigenvalue weighted by Crippen LogP contribution is 2.33. The van der Waals surface area contributed by atoms with Crippen molar-refractivity contribution in [3.63, 3.8) is 0 Å². The SMILES string of the molecule is COc1ccc(C(C)Nc2ccc(N3Cc4ccccc4C3=O)cc2N)cc1. The summed E-state index contributed by atoms with van der Waals surface area (Å²) >= 11 is 0. The van der Waals surface area contributed by atoms with E-state index in [4.69, 9.17) is 10.5 Å². The smallest absolute Gasteiger partial charge is 0.258 e. The maximum absolute atomic E-state index is 12.7. The van der Waals surface area contributed by atoms with Gasteiger partial charge in [-0.2, -0.15) is 0 Å². The van der Waals surface area contributed by atoms with Gasteiger partial charge in [-0.25, -0.2) is 0 Å². The minimum absolute atomic E-state index is 0.0160. The van der Waals surface area contributed by atoms with Crippen LogP contribution in [0.1, 0.15) is 34.5 Å². The van der Waals surface area contributed by atoms with Gasteiger partial charge in [0.25, 0.3) is 5.91 Å². The normalized spacial score (nSPS) is 13.9. The van der Waals surface area contributed by atoms with Crippen LogP contribution in [0.4, 0.5) is 17.1 Å². The number of amides is 1. The Morgan fingerprint density at radius 1 is 1.07 bits per heavy atom. The van der Waals surface area contributed by atoms with Gasteiger partial charge in [0.2, 0.25) is 0 Å². The van der Waals surface area contributed by atoms with Gasteiger partial charge in [0.15, 0.2) is 0 Å². The number of hydrogen-bond acceptors (Lipinski definition) is 4. The minimum atomic E-state index is 0.0160. The number of nitrogens with one attached hydrogen (secondary N) is 1. The fraction of sp³-hybridized carbons (Fsp3) is 0.174. The summed E-state index contributed by atoms with van der Waals surface area (Å²) in [6.07, 6.45) is 0. The molecule has 1 amide bonds. The molecule has 0 aromatic heterocycles. The van der Waals surface area contributed by atoms with E-state index in [9.17, 15) is 4.79 Å². The maximum atomic E-state index is 12.7. The van der Waals surface area contributed by atoms with Gasteiger partial charge in [-0.05, 0) is 54.4 Å². The van der Waals surface area contributed by atoms with E-state index >= 15 is 0 Å². The zero-order valence-electron chi connectivity index (χ0n) is 16.0. The number of anilines is 3. The Hall–Kier alpha value is -3.47. The van der Waals surface area contributed by atoms with E-state index in [1.54, 1.807) is 12.0 Å². The average molecular weight is 373 g/mol. The molecule has 0 radical (unpaired) electrons. The van der Waals surface area contributed by atoms with E-state index in [-0.39, 0.29) is 11.9 Å². The van der Waals surface area contributed by atoms with Gasteiger partial charge < -0.3 is 20.7 Å². The van der Waals surface area contributed by atoms with Gasteiger partial charge in [0.05, 0.1) is 25.0 Å². The van der Waals surface area contributed by atoms with E-state index in [1.807, 2.05) is 66.7 Å². The van der Waals surface area contributed by atoms with Crippen LogP contribution in [0.5, 0.6) is 5.75 Å². The maximum Gasteiger partial charge on any atom is 0.258 e. The van der Waals surface area contributed by atoms with Crippen molar-refractivity contribution >= 4 is 23.0 Å². The fourth-order valence-electron chi connectivity index (χ4n) is 3.52. The molecule has 3 aromatic carbocycles. The molecule has 1 atom stereocenters. The number of hydrogen-bond donors (Lipinski definition) is 2.